The minimum Gasteiger partial charge on any atom is -0.495 e. The number of H-pyrrole nitrogens is 1. The van der Waals surface area contributed by atoms with Gasteiger partial charge < -0.3 is 20.7 Å². The molecule has 0 aliphatic heterocycles. The van der Waals surface area contributed by atoms with Crippen molar-refractivity contribution in [3.63, 3.8) is 0 Å². The van der Waals surface area contributed by atoms with Crippen molar-refractivity contribution < 1.29 is 9.53 Å². The fourth-order valence-corrected chi connectivity index (χ4v) is 3.05. The molecular weight excluding hydrogens is 374 g/mol. The zero-order chi connectivity index (χ0) is 21.4. The number of rotatable bonds is 10. The van der Waals surface area contributed by atoms with Gasteiger partial charge in [-0.15, -0.1) is 0 Å². The third-order valence-corrected chi connectivity index (χ3v) is 4.64. The summed E-state index contributed by atoms with van der Waals surface area (Å²) in [5.41, 5.74) is 5.88. The zero-order valence-electron chi connectivity index (χ0n) is 17.2. The number of methoxy groups -OCH3 is 1. The van der Waals surface area contributed by atoms with Crippen molar-refractivity contribution in [1.29, 1.82) is 0 Å². The standard InChI is InChI=1S/C20H29N5O4/c1-4-6-12-25-18(21)17(19(27)23-20(25)28)24(5-2)13-11-16(26)22-14-9-7-8-10-15(14)29-3/h7-10H,4-6,11-13,21H2,1-3H3,(H,22,26)(H,23,27,28). The average molecular weight is 403 g/mol. The monoisotopic (exact) mass is 403 g/mol. The van der Waals surface area contributed by atoms with E-state index in [-0.39, 0.29) is 30.4 Å². The molecule has 0 bridgehead atoms. The van der Waals surface area contributed by atoms with Gasteiger partial charge in [-0.05, 0) is 25.5 Å². The summed E-state index contributed by atoms with van der Waals surface area (Å²) in [6.45, 7) is 5.03. The first-order valence-corrected chi connectivity index (χ1v) is 9.73. The minimum absolute atomic E-state index is 0.124. The van der Waals surface area contributed by atoms with Gasteiger partial charge >= 0.3 is 5.69 Å². The number of benzene rings is 1. The molecule has 29 heavy (non-hydrogen) atoms. The predicted molar refractivity (Wildman–Crippen MR) is 115 cm³/mol. The highest BCUT2D eigenvalue weighted by atomic mass is 16.5. The number of ether oxygens (including phenoxy) is 1. The average Bonchev–Trinajstić information content (AvgIpc) is 2.70. The van der Waals surface area contributed by atoms with Gasteiger partial charge in [-0.3, -0.25) is 19.1 Å². The number of nitrogen functional groups attached to an aromatic ring is 1. The maximum Gasteiger partial charge on any atom is 0.330 e. The van der Waals surface area contributed by atoms with E-state index in [4.69, 9.17) is 10.5 Å². The Morgan fingerprint density at radius 3 is 2.66 bits per heavy atom. The predicted octanol–water partition coefficient (Wildman–Crippen LogP) is 1.78. The Bertz CT molecular complexity index is 951. The third kappa shape index (κ3) is 5.40. The summed E-state index contributed by atoms with van der Waals surface area (Å²) in [4.78, 5) is 40.9. The fourth-order valence-electron chi connectivity index (χ4n) is 3.05. The van der Waals surface area contributed by atoms with Crippen LogP contribution in [-0.2, 0) is 11.3 Å². The highest BCUT2D eigenvalue weighted by Gasteiger charge is 2.18. The highest BCUT2D eigenvalue weighted by Crippen LogP contribution is 2.23. The summed E-state index contributed by atoms with van der Waals surface area (Å²) in [5, 5.41) is 2.81. The van der Waals surface area contributed by atoms with Crippen LogP contribution in [0.25, 0.3) is 0 Å². The van der Waals surface area contributed by atoms with Crippen LogP contribution in [0.15, 0.2) is 33.9 Å². The van der Waals surface area contributed by atoms with Gasteiger partial charge in [0.25, 0.3) is 5.56 Å². The van der Waals surface area contributed by atoms with E-state index >= 15 is 0 Å². The van der Waals surface area contributed by atoms with Crippen LogP contribution in [0.4, 0.5) is 17.2 Å². The van der Waals surface area contributed by atoms with Crippen LogP contribution in [0.1, 0.15) is 33.1 Å². The van der Waals surface area contributed by atoms with E-state index in [1.54, 1.807) is 23.1 Å². The molecule has 1 amide bonds. The molecule has 4 N–H and O–H groups in total. The Balaban J connectivity index is 2.16. The molecule has 158 valence electrons. The van der Waals surface area contributed by atoms with Crippen molar-refractivity contribution in [1.82, 2.24) is 9.55 Å². The molecular formula is C20H29N5O4. The van der Waals surface area contributed by atoms with E-state index in [0.717, 1.165) is 12.8 Å². The number of carbonyl (C=O) groups excluding carboxylic acids is 1. The van der Waals surface area contributed by atoms with Crippen molar-refractivity contribution in [2.24, 2.45) is 0 Å². The maximum absolute atomic E-state index is 12.4. The number of aromatic amines is 1. The van der Waals surface area contributed by atoms with Crippen molar-refractivity contribution in [2.45, 2.75) is 39.7 Å². The van der Waals surface area contributed by atoms with Gasteiger partial charge in [-0.25, -0.2) is 4.79 Å². The highest BCUT2D eigenvalue weighted by molar-refractivity contribution is 5.92. The molecule has 0 aliphatic carbocycles. The number of nitrogens with two attached hydrogens (primary N) is 1. The molecule has 9 heteroatoms. The number of carbonyl (C=O) groups is 1. The smallest absolute Gasteiger partial charge is 0.330 e. The molecule has 0 atom stereocenters. The second-order valence-electron chi connectivity index (χ2n) is 6.58. The number of para-hydroxylation sites is 2. The molecule has 0 saturated heterocycles. The molecule has 0 saturated carbocycles. The molecule has 9 nitrogen and oxygen atoms in total. The minimum atomic E-state index is -0.549. The third-order valence-electron chi connectivity index (χ3n) is 4.64. The summed E-state index contributed by atoms with van der Waals surface area (Å²) < 4.78 is 6.60. The topological polar surface area (TPSA) is 122 Å². The number of anilines is 3. The molecule has 1 heterocycles. The number of aromatic nitrogens is 2. The molecule has 1 aromatic carbocycles. The number of hydrogen-bond acceptors (Lipinski definition) is 6. The number of amides is 1. The van der Waals surface area contributed by atoms with E-state index in [2.05, 4.69) is 10.3 Å². The fraction of sp³-hybridized carbons (Fsp3) is 0.450. The quantitative estimate of drug-likeness (QED) is 0.556. The molecule has 0 aliphatic rings. The lowest BCUT2D eigenvalue weighted by Crippen LogP contribution is -2.39. The van der Waals surface area contributed by atoms with E-state index < -0.39 is 11.2 Å². The van der Waals surface area contributed by atoms with Gasteiger partial charge in [0.15, 0.2) is 0 Å². The molecule has 2 rings (SSSR count). The van der Waals surface area contributed by atoms with E-state index in [9.17, 15) is 14.4 Å². The van der Waals surface area contributed by atoms with E-state index in [0.29, 0.717) is 24.5 Å². The molecule has 0 fully saturated rings. The SMILES string of the molecule is CCCCn1c(N)c(N(CC)CCC(=O)Nc2ccccc2OC)c(=O)[nH]c1=O. The summed E-state index contributed by atoms with van der Waals surface area (Å²) in [5.74, 6) is 0.471. The summed E-state index contributed by atoms with van der Waals surface area (Å²) in [6.07, 6.45) is 1.79. The van der Waals surface area contributed by atoms with Gasteiger partial charge in [0.2, 0.25) is 5.91 Å². The number of nitrogens with zero attached hydrogens (tertiary/aromatic N) is 2. The normalized spacial score (nSPS) is 10.6. The maximum atomic E-state index is 12.4. The first kappa shape index (κ1) is 22.1. The second-order valence-corrected chi connectivity index (χ2v) is 6.58. The first-order chi connectivity index (χ1) is 13.9. The van der Waals surface area contributed by atoms with Crippen molar-refractivity contribution in [2.75, 3.05) is 36.1 Å². The zero-order valence-corrected chi connectivity index (χ0v) is 17.2. The summed E-state index contributed by atoms with van der Waals surface area (Å²) in [6, 6.07) is 7.13. The van der Waals surface area contributed by atoms with Crippen LogP contribution in [0.2, 0.25) is 0 Å². The van der Waals surface area contributed by atoms with Gasteiger partial charge in [-0.1, -0.05) is 25.5 Å². The number of unbranched alkanes of at least 4 members (excludes halogenated alkanes) is 1. The molecule has 0 unspecified atom stereocenters. The Morgan fingerprint density at radius 1 is 1.28 bits per heavy atom. The van der Waals surface area contributed by atoms with Crippen LogP contribution in [-0.4, -0.2) is 35.7 Å². The largest absolute Gasteiger partial charge is 0.495 e. The van der Waals surface area contributed by atoms with Gasteiger partial charge in [-0.2, -0.15) is 0 Å². The van der Waals surface area contributed by atoms with Gasteiger partial charge in [0.1, 0.15) is 17.3 Å². The van der Waals surface area contributed by atoms with Crippen LogP contribution in [0.3, 0.4) is 0 Å². The van der Waals surface area contributed by atoms with Crippen LogP contribution in [0, 0.1) is 0 Å². The van der Waals surface area contributed by atoms with Crippen LogP contribution in [0.5, 0.6) is 5.75 Å². The van der Waals surface area contributed by atoms with Crippen molar-refractivity contribution in [3.8, 4) is 5.75 Å². The van der Waals surface area contributed by atoms with Crippen molar-refractivity contribution >= 4 is 23.1 Å². The summed E-state index contributed by atoms with van der Waals surface area (Å²) >= 11 is 0. The number of nitrogens with one attached hydrogen (secondary N) is 2. The summed E-state index contributed by atoms with van der Waals surface area (Å²) in [7, 11) is 1.53. The first-order valence-electron chi connectivity index (χ1n) is 9.73. The Kier molecular flexibility index (Phi) is 7.88. The van der Waals surface area contributed by atoms with Gasteiger partial charge in [0, 0.05) is 26.1 Å². The van der Waals surface area contributed by atoms with E-state index in [1.807, 2.05) is 19.9 Å². The Morgan fingerprint density at radius 2 is 2.00 bits per heavy atom. The lowest BCUT2D eigenvalue weighted by Gasteiger charge is -2.24. The number of hydrogen-bond donors (Lipinski definition) is 3. The van der Waals surface area contributed by atoms with Gasteiger partial charge in [0.05, 0.1) is 12.8 Å². The van der Waals surface area contributed by atoms with Crippen molar-refractivity contribution in [3.05, 3.63) is 45.1 Å². The lowest BCUT2D eigenvalue weighted by molar-refractivity contribution is -0.116. The molecule has 0 spiro atoms. The second kappa shape index (κ2) is 10.4. The Hall–Kier alpha value is -3.23. The van der Waals surface area contributed by atoms with E-state index in [1.165, 1.54) is 11.7 Å². The molecule has 1 aromatic heterocycles. The van der Waals surface area contributed by atoms with Crippen LogP contribution >= 0.6 is 0 Å². The molecule has 0 radical (unpaired) electrons. The van der Waals surface area contributed by atoms with Crippen LogP contribution < -0.4 is 31.9 Å². The Labute approximate surface area is 169 Å². The molecule has 2 aromatic rings. The lowest BCUT2D eigenvalue weighted by atomic mass is 10.2.